The van der Waals surface area contributed by atoms with Crippen molar-refractivity contribution in [1.82, 2.24) is 0 Å². The molecule has 0 aromatic rings. The van der Waals surface area contributed by atoms with Crippen molar-refractivity contribution in [3.63, 3.8) is 0 Å². The van der Waals surface area contributed by atoms with Crippen LogP contribution < -0.4 is 0 Å². The third-order valence-electron chi connectivity index (χ3n) is 9.43. The van der Waals surface area contributed by atoms with Crippen LogP contribution in [0.2, 0.25) is 0 Å². The van der Waals surface area contributed by atoms with Gasteiger partial charge in [0.05, 0.1) is 12.2 Å². The van der Waals surface area contributed by atoms with Crippen LogP contribution in [0.25, 0.3) is 0 Å². The van der Waals surface area contributed by atoms with Gasteiger partial charge in [0.15, 0.2) is 0 Å². The summed E-state index contributed by atoms with van der Waals surface area (Å²) in [6, 6.07) is 0. The second-order valence-corrected chi connectivity index (χ2v) is 14.6. The van der Waals surface area contributed by atoms with Gasteiger partial charge in [-0.1, -0.05) is 141 Å². The van der Waals surface area contributed by atoms with E-state index < -0.39 is 0 Å². The predicted molar refractivity (Wildman–Crippen MR) is 184 cm³/mol. The highest BCUT2D eigenvalue weighted by Gasteiger charge is 2.74. The van der Waals surface area contributed by atoms with Gasteiger partial charge in [-0.2, -0.15) is 0 Å². The van der Waals surface area contributed by atoms with E-state index in [1.54, 1.807) is 0 Å². The molecule has 0 unspecified atom stereocenters. The minimum absolute atomic E-state index is 0.0547. The molecule has 1 saturated heterocycles. The van der Waals surface area contributed by atoms with Gasteiger partial charge >= 0.3 is 0 Å². The number of aliphatic hydroxyl groups excluding tert-OH is 2. The fourth-order valence-corrected chi connectivity index (χ4v) is 7.07. The van der Waals surface area contributed by atoms with Crippen LogP contribution >= 0.6 is 0 Å². The molecule has 2 N–H and O–H groups in total. The number of aliphatic hydroxyl groups is 2. The fourth-order valence-electron chi connectivity index (χ4n) is 7.07. The standard InChI is InChI=1S/C40H56O3/c1-29(17-13-19-31(3)21-22-36-33(5)25-34(41)26-37(36,6)7)15-11-12-16-30(2)18-14-20-32(4)23-24-40-38(8,9)27-35(42)28-39(40,10)43-40/h11-25,34-36,41-42H,26-28H2,1-10H3/b12-11+,17-13+,18-14+,22-21+,24-23+,29-15+,30-16+,31-19+,32-20+/t34-,35-,36-,39+,40-/m0/s1. The summed E-state index contributed by atoms with van der Waals surface area (Å²) in [5, 5.41) is 20.3. The highest BCUT2D eigenvalue weighted by Crippen LogP contribution is 2.66. The zero-order valence-electron chi connectivity index (χ0n) is 28.3. The number of hydrogen-bond acceptors (Lipinski definition) is 3. The Labute approximate surface area is 262 Å². The molecular formula is C40H56O3. The minimum Gasteiger partial charge on any atom is -0.393 e. The van der Waals surface area contributed by atoms with Crippen molar-refractivity contribution in [3.8, 4) is 0 Å². The monoisotopic (exact) mass is 584 g/mol. The molecule has 1 saturated carbocycles. The molecular weight excluding hydrogens is 528 g/mol. The lowest BCUT2D eigenvalue weighted by Crippen LogP contribution is -2.46. The molecule has 0 aromatic carbocycles. The molecule has 43 heavy (non-hydrogen) atoms. The Kier molecular flexibility index (Phi) is 11.3. The Hall–Kier alpha value is -2.72. The molecule has 3 nitrogen and oxygen atoms in total. The van der Waals surface area contributed by atoms with Crippen molar-refractivity contribution in [1.29, 1.82) is 0 Å². The maximum Gasteiger partial charge on any atom is 0.121 e. The average molecular weight is 585 g/mol. The second kappa shape index (κ2) is 13.9. The normalized spacial score (nSPS) is 33.8. The Morgan fingerprint density at radius 1 is 0.721 bits per heavy atom. The summed E-state index contributed by atoms with van der Waals surface area (Å²) in [6.45, 7) is 21.5. The zero-order valence-corrected chi connectivity index (χ0v) is 28.3. The quantitative estimate of drug-likeness (QED) is 0.153. The Morgan fingerprint density at radius 2 is 1.23 bits per heavy atom. The average Bonchev–Trinajstić information content (AvgIpc) is 3.49. The molecule has 2 fully saturated rings. The van der Waals surface area contributed by atoms with Crippen molar-refractivity contribution >= 4 is 0 Å². The first-order valence-electron chi connectivity index (χ1n) is 15.8. The molecule has 3 rings (SSSR count). The molecule has 1 aliphatic heterocycles. The van der Waals surface area contributed by atoms with E-state index in [-0.39, 0.29) is 34.2 Å². The molecule has 0 amide bonds. The smallest absolute Gasteiger partial charge is 0.121 e. The minimum atomic E-state index is -0.333. The van der Waals surface area contributed by atoms with Crippen molar-refractivity contribution in [2.45, 2.75) is 112 Å². The summed E-state index contributed by atoms with van der Waals surface area (Å²) < 4.78 is 6.25. The molecule has 5 atom stereocenters. The van der Waals surface area contributed by atoms with Crippen LogP contribution in [-0.2, 0) is 4.74 Å². The Balaban J connectivity index is 1.49. The largest absolute Gasteiger partial charge is 0.393 e. The number of allylic oxidation sites excluding steroid dienone is 18. The highest BCUT2D eigenvalue weighted by atomic mass is 16.6. The predicted octanol–water partition coefficient (Wildman–Crippen LogP) is 9.61. The summed E-state index contributed by atoms with van der Waals surface area (Å²) >= 11 is 0. The second-order valence-electron chi connectivity index (χ2n) is 14.6. The van der Waals surface area contributed by atoms with E-state index in [1.165, 1.54) is 27.9 Å². The van der Waals surface area contributed by atoms with Crippen LogP contribution in [-0.4, -0.2) is 33.6 Å². The Morgan fingerprint density at radius 3 is 1.77 bits per heavy atom. The maximum absolute atomic E-state index is 10.2. The van der Waals surface area contributed by atoms with E-state index in [0.29, 0.717) is 12.3 Å². The van der Waals surface area contributed by atoms with Gasteiger partial charge in [0.1, 0.15) is 11.2 Å². The van der Waals surface area contributed by atoms with Crippen molar-refractivity contribution in [2.24, 2.45) is 16.7 Å². The third kappa shape index (κ3) is 8.91. The summed E-state index contributed by atoms with van der Waals surface area (Å²) in [6.07, 6.45) is 33.5. The van der Waals surface area contributed by atoms with Gasteiger partial charge < -0.3 is 14.9 Å². The lowest BCUT2D eigenvalue weighted by atomic mass is 9.63. The molecule has 3 aliphatic rings. The maximum atomic E-state index is 10.2. The summed E-state index contributed by atoms with van der Waals surface area (Å²) in [5.41, 5.74) is 5.38. The molecule has 0 aromatic heterocycles. The topological polar surface area (TPSA) is 53.0 Å². The van der Waals surface area contributed by atoms with Crippen molar-refractivity contribution in [2.75, 3.05) is 0 Å². The number of hydrogen-bond donors (Lipinski definition) is 2. The van der Waals surface area contributed by atoms with Crippen LogP contribution in [0, 0.1) is 16.7 Å². The zero-order chi connectivity index (χ0) is 32.1. The van der Waals surface area contributed by atoms with Gasteiger partial charge in [-0.25, -0.2) is 0 Å². The van der Waals surface area contributed by atoms with E-state index in [0.717, 1.165) is 12.8 Å². The first-order valence-corrected chi connectivity index (χ1v) is 15.8. The Bertz CT molecular complexity index is 1320. The van der Waals surface area contributed by atoms with Gasteiger partial charge in [0.25, 0.3) is 0 Å². The molecule has 1 heterocycles. The molecule has 234 valence electrons. The van der Waals surface area contributed by atoms with E-state index in [9.17, 15) is 10.2 Å². The summed E-state index contributed by atoms with van der Waals surface area (Å²) in [4.78, 5) is 0. The van der Waals surface area contributed by atoms with Crippen molar-refractivity contribution in [3.05, 3.63) is 119 Å². The first-order chi connectivity index (χ1) is 20.0. The van der Waals surface area contributed by atoms with Gasteiger partial charge in [0, 0.05) is 17.8 Å². The van der Waals surface area contributed by atoms with Crippen molar-refractivity contribution < 1.29 is 14.9 Å². The van der Waals surface area contributed by atoms with Crippen LogP contribution in [0.5, 0.6) is 0 Å². The van der Waals surface area contributed by atoms with E-state index >= 15 is 0 Å². The molecule has 0 bridgehead atoms. The fraction of sp³-hybridized carbons (Fsp3) is 0.500. The van der Waals surface area contributed by atoms with Crippen LogP contribution in [0.1, 0.15) is 88.5 Å². The molecule has 0 spiro atoms. The van der Waals surface area contributed by atoms with Crippen LogP contribution in [0.3, 0.4) is 0 Å². The molecule has 3 heteroatoms. The van der Waals surface area contributed by atoms with E-state index in [1.807, 2.05) is 6.08 Å². The van der Waals surface area contributed by atoms with Gasteiger partial charge in [-0.15, -0.1) is 0 Å². The van der Waals surface area contributed by atoms with Crippen LogP contribution in [0.4, 0.5) is 0 Å². The number of rotatable bonds is 10. The highest BCUT2D eigenvalue weighted by molar-refractivity contribution is 5.37. The lowest BCUT2D eigenvalue weighted by molar-refractivity contribution is 0.0515. The molecule has 0 radical (unpaired) electrons. The van der Waals surface area contributed by atoms with Gasteiger partial charge in [-0.3, -0.25) is 0 Å². The van der Waals surface area contributed by atoms with Gasteiger partial charge in [0.2, 0.25) is 0 Å². The lowest BCUT2D eigenvalue weighted by Gasteiger charge is -2.39. The summed E-state index contributed by atoms with van der Waals surface area (Å²) in [7, 11) is 0. The summed E-state index contributed by atoms with van der Waals surface area (Å²) in [5.74, 6) is 0.345. The van der Waals surface area contributed by atoms with Gasteiger partial charge in [-0.05, 0) is 65.9 Å². The van der Waals surface area contributed by atoms with Crippen LogP contribution in [0.15, 0.2) is 119 Å². The number of epoxide rings is 1. The third-order valence-corrected chi connectivity index (χ3v) is 9.43. The van der Waals surface area contributed by atoms with E-state index in [2.05, 4.69) is 154 Å². The van der Waals surface area contributed by atoms with E-state index in [4.69, 9.17) is 4.74 Å². The number of fused-ring (bicyclic) bond motifs is 1. The number of ether oxygens (including phenoxy) is 1. The molecule has 2 aliphatic carbocycles. The first kappa shape index (κ1) is 34.8. The SMILES string of the molecule is CC1=C[C@H](O)CC(C)(C)[C@H]1/C=C/C(C)=C/C=C/C(C)=C/C=C/C=C(C)/C=C/C=C(C)/C=C/[C@@]12O[C@]1(C)C[C@@H](O)CC2(C)C.